The summed E-state index contributed by atoms with van der Waals surface area (Å²) in [6, 6.07) is 1.37. The number of imidazole rings is 1. The minimum atomic E-state index is -1.31. The molecular weight excluding hydrogens is 712 g/mol. The van der Waals surface area contributed by atoms with Gasteiger partial charge in [-0.15, -0.1) is 0 Å². The van der Waals surface area contributed by atoms with Crippen LogP contribution >= 0.6 is 0 Å². The van der Waals surface area contributed by atoms with Crippen LogP contribution in [0.25, 0.3) is 11.2 Å². The lowest BCUT2D eigenvalue weighted by molar-refractivity contribution is -0.0549. The number of H-pyrrole nitrogens is 1. The predicted molar refractivity (Wildman–Crippen MR) is 176 cm³/mol. The van der Waals surface area contributed by atoms with Gasteiger partial charge < -0.3 is 66.5 Å². The van der Waals surface area contributed by atoms with Gasteiger partial charge >= 0.3 is 11.4 Å². The Morgan fingerprint density at radius 1 is 0.811 bits per heavy atom. The van der Waals surface area contributed by atoms with Crippen LogP contribution in [0.1, 0.15) is 30.7 Å². The fraction of sp³-hybridized carbons (Fsp3) is 0.552. The third-order valence-electron chi connectivity index (χ3n) is 8.66. The molecule has 11 atom stereocenters. The largest absolute Gasteiger partial charge is 0.394 e. The van der Waals surface area contributed by atoms with Crippen LogP contribution in [0, 0.1) is 6.92 Å². The highest BCUT2D eigenvalue weighted by Gasteiger charge is 2.45. The van der Waals surface area contributed by atoms with Crippen molar-refractivity contribution in [1.82, 2.24) is 38.6 Å². The summed E-state index contributed by atoms with van der Waals surface area (Å²) in [6.07, 6.45) is -5.27. The topological polar surface area (TPSA) is 375 Å². The first-order valence-corrected chi connectivity index (χ1v) is 16.0. The highest BCUT2D eigenvalue weighted by Crippen LogP contribution is 2.32. The average molecular weight is 753 g/mol. The molecule has 0 saturated carbocycles. The van der Waals surface area contributed by atoms with Gasteiger partial charge in [-0.25, -0.2) is 24.5 Å². The summed E-state index contributed by atoms with van der Waals surface area (Å²) in [4.78, 5) is 51.8. The Bertz CT molecular complexity index is 2040. The van der Waals surface area contributed by atoms with Crippen molar-refractivity contribution in [1.29, 1.82) is 0 Å². The second kappa shape index (κ2) is 16.5. The molecule has 53 heavy (non-hydrogen) atoms. The molecule has 3 fully saturated rings. The summed E-state index contributed by atoms with van der Waals surface area (Å²) in [5.41, 5.74) is 10.4. The molecule has 24 heteroatoms. The number of aliphatic hydroxyl groups excluding tert-OH is 8. The Hall–Kier alpha value is -4.73. The molecule has 4 aromatic heterocycles. The number of aromatic nitrogens is 8. The minimum Gasteiger partial charge on any atom is -0.394 e. The maximum Gasteiger partial charge on any atom is 0.351 e. The zero-order chi connectivity index (χ0) is 38.7. The van der Waals surface area contributed by atoms with Crippen LogP contribution in [0.3, 0.4) is 0 Å². The van der Waals surface area contributed by atoms with Gasteiger partial charge in [0.1, 0.15) is 66.6 Å². The number of rotatable bonds is 6. The number of fused-ring (bicyclic) bond motifs is 1. The Kier molecular flexibility index (Phi) is 12.3. The second-order valence-electron chi connectivity index (χ2n) is 12.2. The molecule has 290 valence electrons. The molecule has 24 nitrogen and oxygen atoms in total. The molecule has 0 aliphatic carbocycles. The lowest BCUT2D eigenvalue weighted by atomic mass is 10.1. The highest BCUT2D eigenvalue weighted by molar-refractivity contribution is 5.81. The van der Waals surface area contributed by atoms with Crippen LogP contribution in [-0.4, -0.2) is 148 Å². The lowest BCUT2D eigenvalue weighted by Crippen LogP contribution is -2.36. The van der Waals surface area contributed by atoms with E-state index in [4.69, 9.17) is 41.0 Å². The predicted octanol–water partition coefficient (Wildman–Crippen LogP) is -6.06. The van der Waals surface area contributed by atoms with E-state index in [1.807, 2.05) is 0 Å². The fourth-order valence-corrected chi connectivity index (χ4v) is 5.75. The third-order valence-corrected chi connectivity index (χ3v) is 8.66. The molecule has 3 saturated heterocycles. The van der Waals surface area contributed by atoms with E-state index in [1.54, 1.807) is 6.92 Å². The number of anilines is 2. The molecule has 7 rings (SSSR count). The van der Waals surface area contributed by atoms with Gasteiger partial charge in [0.15, 0.2) is 23.9 Å². The fourth-order valence-electron chi connectivity index (χ4n) is 5.75. The van der Waals surface area contributed by atoms with Crippen molar-refractivity contribution in [2.24, 2.45) is 0 Å². The molecular formula is C29H40N10O14. The summed E-state index contributed by atoms with van der Waals surface area (Å²) in [7, 11) is 0. The molecule has 0 spiro atoms. The van der Waals surface area contributed by atoms with Gasteiger partial charge in [0, 0.05) is 24.4 Å². The van der Waals surface area contributed by atoms with Crippen LogP contribution in [0.15, 0.2) is 45.5 Å². The molecule has 0 aromatic carbocycles. The van der Waals surface area contributed by atoms with Crippen LogP contribution in [-0.2, 0) is 14.2 Å². The summed E-state index contributed by atoms with van der Waals surface area (Å²) in [6.45, 7) is 0.419. The average Bonchev–Trinajstić information content (AvgIpc) is 3.88. The summed E-state index contributed by atoms with van der Waals surface area (Å²) < 4.78 is 19.6. The van der Waals surface area contributed by atoms with E-state index in [0.717, 1.165) is 4.57 Å². The van der Waals surface area contributed by atoms with Gasteiger partial charge in [0.05, 0.1) is 32.3 Å². The highest BCUT2D eigenvalue weighted by atomic mass is 16.6. The normalized spacial score (nSPS) is 30.8. The van der Waals surface area contributed by atoms with Crippen LogP contribution in [0.2, 0.25) is 0 Å². The number of nitrogen functional groups attached to an aromatic ring is 2. The number of hydrogen-bond donors (Lipinski definition) is 11. The number of ether oxygens (including phenoxy) is 3. The van der Waals surface area contributed by atoms with Gasteiger partial charge in [0.2, 0.25) is 0 Å². The molecule has 13 N–H and O–H groups in total. The summed E-state index contributed by atoms with van der Waals surface area (Å²) in [5.74, 6) is 0.272. The number of aryl methyl sites for hydroxylation is 1. The van der Waals surface area contributed by atoms with Gasteiger partial charge in [0.25, 0.3) is 5.56 Å². The van der Waals surface area contributed by atoms with Gasteiger partial charge in [-0.05, 0) is 13.0 Å². The molecule has 3 aliphatic rings. The van der Waals surface area contributed by atoms with E-state index < -0.39 is 97.7 Å². The minimum absolute atomic E-state index is 0.0537. The summed E-state index contributed by atoms with van der Waals surface area (Å²) >= 11 is 0. The lowest BCUT2D eigenvalue weighted by Gasteiger charge is -2.16. The molecule has 7 heterocycles. The van der Waals surface area contributed by atoms with E-state index in [1.165, 1.54) is 40.2 Å². The smallest absolute Gasteiger partial charge is 0.351 e. The van der Waals surface area contributed by atoms with Gasteiger partial charge in [-0.3, -0.25) is 23.5 Å². The first-order chi connectivity index (χ1) is 25.2. The van der Waals surface area contributed by atoms with Crippen molar-refractivity contribution >= 4 is 22.8 Å². The van der Waals surface area contributed by atoms with E-state index in [9.17, 15) is 39.9 Å². The van der Waals surface area contributed by atoms with Crippen molar-refractivity contribution in [2.45, 2.75) is 80.9 Å². The maximum absolute atomic E-state index is 11.6. The van der Waals surface area contributed by atoms with Gasteiger partial charge in [-0.2, -0.15) is 4.98 Å². The molecule has 0 bridgehead atoms. The van der Waals surface area contributed by atoms with E-state index in [2.05, 4.69) is 24.9 Å². The Morgan fingerprint density at radius 3 is 1.96 bits per heavy atom. The van der Waals surface area contributed by atoms with Crippen molar-refractivity contribution in [3.8, 4) is 0 Å². The Labute approximate surface area is 296 Å². The van der Waals surface area contributed by atoms with Crippen LogP contribution in [0.5, 0.6) is 0 Å². The third kappa shape index (κ3) is 8.11. The van der Waals surface area contributed by atoms with Crippen molar-refractivity contribution < 1.29 is 55.1 Å². The molecule has 0 unspecified atom stereocenters. The van der Waals surface area contributed by atoms with Crippen molar-refractivity contribution in [2.75, 3.05) is 31.3 Å². The quantitative estimate of drug-likeness (QED) is 0.0873. The zero-order valence-corrected chi connectivity index (χ0v) is 27.9. The van der Waals surface area contributed by atoms with Crippen LogP contribution < -0.4 is 28.4 Å². The number of hydrogen-bond acceptors (Lipinski definition) is 20. The van der Waals surface area contributed by atoms with Crippen LogP contribution in [0.4, 0.5) is 11.6 Å². The van der Waals surface area contributed by atoms with Crippen molar-refractivity contribution in [3.05, 3.63) is 68.0 Å². The first-order valence-electron chi connectivity index (χ1n) is 16.0. The van der Waals surface area contributed by atoms with Crippen molar-refractivity contribution in [3.63, 3.8) is 0 Å². The molecule has 0 radical (unpaired) electrons. The standard InChI is InChI=1S/C10H13N5O4.C10H14N2O5.C9H13N3O5/c11-8-5-9(13-2-12-8)15(3-14-5)10-7(18)6(17)4(1-16)19-10;1-5-3-12(10(16)11-9(5)15)8-2-6(14)7(4-13)17-8;10-5-1-2-12(9(16)11-5)8-7(15)6(14)4(3-13)17-8/h2-4,6-7,10,16-18H,1H2,(H2,11,12,13);3,6-8,13-14H,2,4H2,1H3,(H,11,15,16);1-2,4,6-8,13-15H,3H2,(H2,10,11,16)/t4-,6-,7-,10-;6-,7+,8+;4-,6-,7-,8-/m101/s1. The van der Waals surface area contributed by atoms with Gasteiger partial charge in [-0.1, -0.05) is 0 Å². The van der Waals surface area contributed by atoms with E-state index in [0.29, 0.717) is 16.7 Å². The molecule has 0 amide bonds. The first kappa shape index (κ1) is 39.5. The van der Waals surface area contributed by atoms with E-state index >= 15 is 0 Å². The number of aliphatic hydroxyl groups is 8. The molecule has 3 aliphatic heterocycles. The number of nitrogens with zero attached hydrogens (tertiary/aromatic N) is 7. The number of nitrogens with two attached hydrogens (primary N) is 2. The monoisotopic (exact) mass is 752 g/mol. The zero-order valence-electron chi connectivity index (χ0n) is 27.9. The SMILES string of the molecule is Cc1cn([C@H]2C[C@H](O)[C@@H](CO)O2)c(=O)[nH]c1=O.Nc1ccn([C@@H]2O[C@H](CO)[C@@H](O)[C@H]2O)c(=O)n1.Nc1ncnc2c1ncn2[C@@H]1O[C@H](CO)[C@@H](O)[C@H]1O. The number of nitrogens with one attached hydrogen (secondary N) is 1. The summed E-state index contributed by atoms with van der Waals surface area (Å²) in [5, 5.41) is 75.4. The Morgan fingerprint density at radius 2 is 1.42 bits per heavy atom. The molecule has 4 aromatic rings. The second-order valence-corrected chi connectivity index (χ2v) is 12.2. The number of aromatic amines is 1. The van der Waals surface area contributed by atoms with E-state index in [-0.39, 0.29) is 24.7 Å². The maximum atomic E-state index is 11.6. The Balaban J connectivity index is 0.000000154.